The summed E-state index contributed by atoms with van der Waals surface area (Å²) in [7, 11) is 4.67. The molecule has 5 aromatic rings. The molecule has 0 N–H and O–H groups in total. The summed E-state index contributed by atoms with van der Waals surface area (Å²) in [6.07, 6.45) is 1.34. The largest absolute Gasteiger partial charge is 0.493 e. The Morgan fingerprint density at radius 3 is 2.27 bits per heavy atom. The van der Waals surface area contributed by atoms with Gasteiger partial charge < -0.3 is 14.2 Å². The molecule has 0 unspecified atom stereocenters. The maximum absolute atomic E-state index is 15.1. The molecule has 8 nitrogen and oxygen atoms in total. The molecule has 10 heteroatoms. The molecule has 0 aliphatic carbocycles. The van der Waals surface area contributed by atoms with Gasteiger partial charge in [-0.1, -0.05) is 6.07 Å². The summed E-state index contributed by atoms with van der Waals surface area (Å²) < 4.78 is 47.9. The molecule has 0 spiro atoms. The van der Waals surface area contributed by atoms with Crippen LogP contribution in [0, 0.1) is 18.6 Å². The van der Waals surface area contributed by atoms with Gasteiger partial charge in [0.1, 0.15) is 17.1 Å². The first-order valence-electron chi connectivity index (χ1n) is 12.3. The second-order valence-electron chi connectivity index (χ2n) is 9.08. The Balaban J connectivity index is 1.41. The van der Waals surface area contributed by atoms with Crippen molar-refractivity contribution in [3.63, 3.8) is 0 Å². The topological polar surface area (TPSA) is 84.6 Å². The van der Waals surface area contributed by atoms with Crippen molar-refractivity contribution in [2.45, 2.75) is 13.3 Å². The molecule has 5 rings (SSSR count). The Kier molecular flexibility index (Phi) is 7.08. The van der Waals surface area contributed by atoms with Gasteiger partial charge in [-0.3, -0.25) is 19.3 Å². The summed E-state index contributed by atoms with van der Waals surface area (Å²) in [5.41, 5.74) is 1.26. The summed E-state index contributed by atoms with van der Waals surface area (Å²) in [6, 6.07) is 14.6. The van der Waals surface area contributed by atoms with Crippen LogP contribution >= 0.6 is 0 Å². The van der Waals surface area contributed by atoms with Crippen LogP contribution in [0.3, 0.4) is 0 Å². The molecule has 0 radical (unpaired) electrons. The Labute approximate surface area is 228 Å². The van der Waals surface area contributed by atoms with E-state index in [1.807, 2.05) is 0 Å². The fraction of sp³-hybridized carbons (Fsp3) is 0.167. The lowest BCUT2D eigenvalue weighted by Gasteiger charge is -2.13. The van der Waals surface area contributed by atoms with Gasteiger partial charge in [0, 0.05) is 36.8 Å². The predicted molar refractivity (Wildman–Crippen MR) is 145 cm³/mol. The van der Waals surface area contributed by atoms with Crippen LogP contribution < -0.4 is 19.8 Å². The normalized spacial score (nSPS) is 11.1. The summed E-state index contributed by atoms with van der Waals surface area (Å²) in [5.74, 6) is -0.305. The highest BCUT2D eigenvalue weighted by Crippen LogP contribution is 2.37. The molecule has 2 heterocycles. The minimum Gasteiger partial charge on any atom is -0.493 e. The molecule has 2 aromatic heterocycles. The van der Waals surface area contributed by atoms with Gasteiger partial charge in [-0.15, -0.1) is 0 Å². The van der Waals surface area contributed by atoms with Gasteiger partial charge in [-0.05, 0) is 61.0 Å². The van der Waals surface area contributed by atoms with Crippen molar-refractivity contribution >= 4 is 16.7 Å². The molecule has 0 aliphatic heterocycles. The second kappa shape index (κ2) is 10.6. The SMILES string of the molecule is COc1cc2nccc(Oc3ccc(CC(=O)c4c(C)n(C)n(-c5ccc(F)cc5)c4=O)cc3F)c2cc1OC. The van der Waals surface area contributed by atoms with Crippen LogP contribution in [-0.2, 0) is 13.5 Å². The summed E-state index contributed by atoms with van der Waals surface area (Å²) in [4.78, 5) is 30.7. The van der Waals surface area contributed by atoms with E-state index in [1.165, 1.54) is 66.2 Å². The molecule has 0 aliphatic rings. The maximum Gasteiger partial charge on any atom is 0.282 e. The minimum absolute atomic E-state index is 0.0137. The van der Waals surface area contributed by atoms with Crippen molar-refractivity contribution in [1.82, 2.24) is 14.3 Å². The van der Waals surface area contributed by atoms with E-state index in [1.54, 1.807) is 38.2 Å². The number of ether oxygens (including phenoxy) is 3. The molecule has 0 saturated heterocycles. The fourth-order valence-corrected chi connectivity index (χ4v) is 4.57. The molecule has 3 aromatic carbocycles. The number of halogens is 2. The highest BCUT2D eigenvalue weighted by atomic mass is 19.1. The standard InChI is InChI=1S/C30H25F2N3O5/c1-17-29(30(37)35(34(17)2)20-8-6-19(31)7-9-20)24(36)14-18-5-10-26(22(32)13-18)40-25-11-12-33-23-16-28(39-4)27(38-3)15-21(23)25/h5-13,15-16H,14H2,1-4H3. The Morgan fingerprint density at radius 1 is 0.900 bits per heavy atom. The molecule has 0 fully saturated rings. The first-order valence-corrected chi connectivity index (χ1v) is 12.3. The lowest BCUT2D eigenvalue weighted by Crippen LogP contribution is -2.23. The summed E-state index contributed by atoms with van der Waals surface area (Å²) in [6.45, 7) is 1.65. The van der Waals surface area contributed by atoms with Gasteiger partial charge in [-0.25, -0.2) is 13.5 Å². The smallest absolute Gasteiger partial charge is 0.282 e. The van der Waals surface area contributed by atoms with E-state index in [-0.39, 0.29) is 17.7 Å². The number of aromatic nitrogens is 3. The zero-order chi connectivity index (χ0) is 28.6. The molecular formula is C30H25F2N3O5. The van der Waals surface area contributed by atoms with Crippen LogP contribution in [-0.4, -0.2) is 34.4 Å². The Bertz CT molecular complexity index is 1810. The fourth-order valence-electron chi connectivity index (χ4n) is 4.57. The number of hydrogen-bond acceptors (Lipinski definition) is 6. The first-order chi connectivity index (χ1) is 19.2. The number of carbonyl (C=O) groups excluding carboxylic acids is 1. The number of methoxy groups -OCH3 is 2. The van der Waals surface area contributed by atoms with Crippen molar-refractivity contribution in [3.8, 4) is 28.7 Å². The van der Waals surface area contributed by atoms with Crippen molar-refractivity contribution in [3.05, 3.63) is 106 Å². The number of ketones is 1. The van der Waals surface area contributed by atoms with Gasteiger partial charge in [0.05, 0.1) is 25.4 Å². The van der Waals surface area contributed by atoms with Gasteiger partial charge in [-0.2, -0.15) is 0 Å². The lowest BCUT2D eigenvalue weighted by atomic mass is 10.0. The van der Waals surface area contributed by atoms with Crippen molar-refractivity contribution in [2.24, 2.45) is 7.05 Å². The molecule has 0 saturated carbocycles. The van der Waals surface area contributed by atoms with E-state index in [2.05, 4.69) is 4.98 Å². The quantitative estimate of drug-likeness (QED) is 0.238. The van der Waals surface area contributed by atoms with Gasteiger partial charge in [0.2, 0.25) is 0 Å². The van der Waals surface area contributed by atoms with Crippen LogP contribution in [0.15, 0.2) is 71.7 Å². The third-order valence-electron chi connectivity index (χ3n) is 6.69. The van der Waals surface area contributed by atoms with Gasteiger partial charge in [0.25, 0.3) is 5.56 Å². The van der Waals surface area contributed by atoms with Crippen LogP contribution in [0.5, 0.6) is 23.0 Å². The number of Topliss-reactive ketones (excluding diaryl/α,β-unsaturated/α-hetero) is 1. The number of hydrogen-bond donors (Lipinski definition) is 0. The van der Waals surface area contributed by atoms with E-state index in [9.17, 15) is 14.0 Å². The molecule has 204 valence electrons. The second-order valence-corrected chi connectivity index (χ2v) is 9.08. The third-order valence-corrected chi connectivity index (χ3v) is 6.69. The Morgan fingerprint density at radius 2 is 1.60 bits per heavy atom. The number of rotatable bonds is 8. The molecule has 0 atom stereocenters. The minimum atomic E-state index is -0.677. The summed E-state index contributed by atoms with van der Waals surface area (Å²) >= 11 is 0. The van der Waals surface area contributed by atoms with Crippen molar-refractivity contribution < 1.29 is 27.8 Å². The molecular weight excluding hydrogens is 520 g/mol. The van der Waals surface area contributed by atoms with Crippen LogP contribution in [0.1, 0.15) is 21.6 Å². The van der Waals surface area contributed by atoms with Crippen LogP contribution in [0.25, 0.3) is 16.6 Å². The average molecular weight is 546 g/mol. The van der Waals surface area contributed by atoms with Crippen molar-refractivity contribution in [2.75, 3.05) is 14.2 Å². The number of carbonyl (C=O) groups is 1. The molecule has 0 bridgehead atoms. The first kappa shape index (κ1) is 26.6. The number of fused-ring (bicyclic) bond motifs is 1. The number of nitrogens with zero attached hydrogens (tertiary/aromatic N) is 3. The van der Waals surface area contributed by atoms with Crippen LogP contribution in [0.4, 0.5) is 8.78 Å². The van der Waals surface area contributed by atoms with Crippen molar-refractivity contribution in [1.29, 1.82) is 0 Å². The number of benzene rings is 3. The molecule has 40 heavy (non-hydrogen) atoms. The van der Waals surface area contributed by atoms with Crippen LogP contribution in [0.2, 0.25) is 0 Å². The lowest BCUT2D eigenvalue weighted by molar-refractivity contribution is 0.0991. The van der Waals surface area contributed by atoms with Gasteiger partial charge >= 0.3 is 0 Å². The average Bonchev–Trinajstić information content (AvgIpc) is 3.17. The number of pyridine rings is 1. The third kappa shape index (κ3) is 4.79. The monoisotopic (exact) mass is 545 g/mol. The molecule has 0 amide bonds. The zero-order valence-corrected chi connectivity index (χ0v) is 22.2. The maximum atomic E-state index is 15.1. The van der Waals surface area contributed by atoms with E-state index in [0.29, 0.717) is 45.1 Å². The summed E-state index contributed by atoms with van der Waals surface area (Å²) in [5, 5.41) is 0.593. The highest BCUT2D eigenvalue weighted by molar-refractivity contribution is 5.98. The zero-order valence-electron chi connectivity index (χ0n) is 22.2. The predicted octanol–water partition coefficient (Wildman–Crippen LogP) is 5.55. The van der Waals surface area contributed by atoms with E-state index >= 15 is 4.39 Å². The highest BCUT2D eigenvalue weighted by Gasteiger charge is 2.23. The van der Waals surface area contributed by atoms with E-state index < -0.39 is 23.0 Å². The Hall–Kier alpha value is -4.99. The van der Waals surface area contributed by atoms with Gasteiger partial charge in [0.15, 0.2) is 28.8 Å². The van der Waals surface area contributed by atoms with E-state index in [4.69, 9.17) is 14.2 Å². The van der Waals surface area contributed by atoms with E-state index in [0.717, 1.165) is 0 Å².